The van der Waals surface area contributed by atoms with Gasteiger partial charge in [0.2, 0.25) is 5.91 Å². The average Bonchev–Trinajstić information content (AvgIpc) is 3.64. The van der Waals surface area contributed by atoms with Crippen LogP contribution in [0.25, 0.3) is 16.8 Å². The number of amides is 1. The van der Waals surface area contributed by atoms with Crippen LogP contribution >= 0.6 is 11.3 Å². The van der Waals surface area contributed by atoms with Gasteiger partial charge in [-0.15, -0.1) is 0 Å². The Morgan fingerprint density at radius 2 is 2.02 bits per heavy atom. The predicted octanol–water partition coefficient (Wildman–Crippen LogP) is 3.26. The molecule has 6 rings (SSSR count). The Kier molecular flexibility index (Phi) is 5.79. The summed E-state index contributed by atoms with van der Waals surface area (Å²) in [6.07, 6.45) is -4.28. The number of anilines is 3. The summed E-state index contributed by atoms with van der Waals surface area (Å²) in [5, 5.41) is 23.6. The van der Waals surface area contributed by atoms with Crippen molar-refractivity contribution in [1.82, 2.24) is 24.4 Å². The number of halogens is 2. The minimum Gasteiger partial charge on any atom is -0.389 e. The summed E-state index contributed by atoms with van der Waals surface area (Å²) >= 11 is 0.931. The van der Waals surface area contributed by atoms with Crippen molar-refractivity contribution >= 4 is 39.3 Å². The van der Waals surface area contributed by atoms with Gasteiger partial charge in [-0.1, -0.05) is 18.2 Å². The van der Waals surface area contributed by atoms with Crippen LogP contribution < -0.4 is 9.80 Å². The van der Waals surface area contributed by atoms with Crippen LogP contribution in [0.4, 0.5) is 25.3 Å². The molecular formula is C29H30F2N8O2S. The standard InChI is InChI=1S/C29H30F2N8O2S/c1-3-22-28(35(2)29-33-27(25(13-32)42-29)18-4-6-19(30)7-5-18)24-12-23(21(31)16-39(24)34-22)37-10-8-36(9-11-37)17-26(41)38-14-20(40)15-38/h4-7,12,16,20,40H,3,8-11,14-15,17H2,1-2H3/i1D3,3D2,16D. The molecule has 2 saturated heterocycles. The smallest absolute Gasteiger partial charge is 0.236 e. The van der Waals surface area contributed by atoms with Crippen molar-refractivity contribution in [3.8, 4) is 17.3 Å². The number of piperazine rings is 1. The third kappa shape index (κ3) is 5.17. The number of likely N-dealkylation sites (tertiary alicyclic amines) is 1. The summed E-state index contributed by atoms with van der Waals surface area (Å²) in [6, 6.07) is 8.78. The van der Waals surface area contributed by atoms with E-state index in [0.29, 0.717) is 44.8 Å². The van der Waals surface area contributed by atoms with E-state index in [1.165, 1.54) is 42.3 Å². The number of aromatic nitrogens is 3. The number of aliphatic hydroxyl groups excluding tert-OH is 1. The van der Waals surface area contributed by atoms with Crippen LogP contribution in [-0.2, 0) is 11.2 Å². The molecule has 2 aliphatic rings. The van der Waals surface area contributed by atoms with Crippen LogP contribution in [0.3, 0.4) is 0 Å². The van der Waals surface area contributed by atoms with Crippen LogP contribution in [0.5, 0.6) is 0 Å². The second kappa shape index (κ2) is 11.3. The van der Waals surface area contributed by atoms with Gasteiger partial charge in [-0.3, -0.25) is 9.69 Å². The van der Waals surface area contributed by atoms with Crippen LogP contribution in [-0.4, -0.2) is 94.4 Å². The Morgan fingerprint density at radius 3 is 2.69 bits per heavy atom. The Bertz CT molecular complexity index is 1920. The summed E-state index contributed by atoms with van der Waals surface area (Å²) in [5.41, 5.74) is 0.0673. The number of nitriles is 1. The lowest BCUT2D eigenvalue weighted by Gasteiger charge is -2.39. The zero-order valence-corrected chi connectivity index (χ0v) is 23.3. The first-order valence-electron chi connectivity index (χ1n) is 16.2. The molecule has 1 aromatic carbocycles. The van der Waals surface area contributed by atoms with Gasteiger partial charge in [-0.25, -0.2) is 18.3 Å². The first kappa shape index (κ1) is 21.6. The van der Waals surface area contributed by atoms with Crippen molar-refractivity contribution in [3.05, 3.63) is 58.7 Å². The molecule has 0 bridgehead atoms. The van der Waals surface area contributed by atoms with E-state index >= 15 is 4.39 Å². The van der Waals surface area contributed by atoms with E-state index in [9.17, 15) is 19.6 Å². The Balaban J connectivity index is 1.40. The number of hydrogen-bond acceptors (Lipinski definition) is 9. The Hall–Kier alpha value is -4.12. The Labute approximate surface area is 254 Å². The molecule has 4 aromatic rings. The van der Waals surface area contributed by atoms with Crippen molar-refractivity contribution in [3.63, 3.8) is 0 Å². The molecule has 1 N–H and O–H groups in total. The highest BCUT2D eigenvalue weighted by atomic mass is 32.1. The number of rotatable bonds is 7. The topological polar surface area (TPSA) is 104 Å². The number of carbonyl (C=O) groups is 1. The van der Waals surface area contributed by atoms with E-state index in [2.05, 4.69) is 16.2 Å². The van der Waals surface area contributed by atoms with Crippen molar-refractivity contribution in [2.24, 2.45) is 0 Å². The number of carbonyl (C=O) groups excluding carboxylic acids is 1. The highest BCUT2D eigenvalue weighted by Gasteiger charge is 2.31. The number of fused-ring (bicyclic) bond motifs is 1. The SMILES string of the molecule is [2H]c1c(F)c(N2CCN(CC(=O)N3CC(O)C3)CC2)cc2c(N(C)c3nc(-c4ccc(F)cc4)c(C#N)s3)c(C([2H])([2H])C([2H])([2H])[2H])nn12. The number of aliphatic hydroxyl groups is 1. The molecule has 0 saturated carbocycles. The molecule has 2 fully saturated rings. The normalized spacial score (nSPS) is 18.8. The molecule has 1 amide bonds. The molecule has 218 valence electrons. The predicted molar refractivity (Wildman–Crippen MR) is 156 cm³/mol. The van der Waals surface area contributed by atoms with Gasteiger partial charge in [-0.05, 0) is 36.7 Å². The van der Waals surface area contributed by atoms with E-state index < -0.39 is 42.8 Å². The number of aryl methyl sites for hydroxylation is 1. The highest BCUT2D eigenvalue weighted by molar-refractivity contribution is 7.16. The first-order chi connectivity index (χ1) is 22.6. The lowest BCUT2D eigenvalue weighted by atomic mass is 10.1. The maximum atomic E-state index is 15.9. The highest BCUT2D eigenvalue weighted by Crippen LogP contribution is 2.39. The molecule has 2 aliphatic heterocycles. The molecular weight excluding hydrogens is 562 g/mol. The van der Waals surface area contributed by atoms with Gasteiger partial charge in [0.1, 0.15) is 22.5 Å². The van der Waals surface area contributed by atoms with Crippen LogP contribution in [0.1, 0.15) is 25.6 Å². The van der Waals surface area contributed by atoms with Crippen LogP contribution in [0, 0.1) is 23.0 Å². The monoisotopic (exact) mass is 598 g/mol. The third-order valence-corrected chi connectivity index (χ3v) is 8.50. The van der Waals surface area contributed by atoms with E-state index in [1.807, 2.05) is 4.90 Å². The Morgan fingerprint density at radius 1 is 1.29 bits per heavy atom. The van der Waals surface area contributed by atoms with Gasteiger partial charge >= 0.3 is 0 Å². The fraction of sp³-hybridized carbons (Fsp3) is 0.379. The van der Waals surface area contributed by atoms with Crippen molar-refractivity contribution in [2.75, 3.05) is 62.7 Å². The molecule has 5 heterocycles. The summed E-state index contributed by atoms with van der Waals surface area (Å²) in [4.78, 5) is 23.7. The van der Waals surface area contributed by atoms with E-state index in [-0.39, 0.29) is 45.0 Å². The van der Waals surface area contributed by atoms with Crippen molar-refractivity contribution < 1.29 is 26.9 Å². The number of benzene rings is 1. The quantitative estimate of drug-likeness (QED) is 0.346. The van der Waals surface area contributed by atoms with Crippen LogP contribution in [0.2, 0.25) is 0 Å². The van der Waals surface area contributed by atoms with Gasteiger partial charge in [0.15, 0.2) is 10.9 Å². The maximum Gasteiger partial charge on any atom is 0.236 e. The molecule has 10 nitrogen and oxygen atoms in total. The second-order valence-electron chi connectivity index (χ2n) is 10.1. The summed E-state index contributed by atoms with van der Waals surface area (Å²) in [5.74, 6) is -1.54. The molecule has 13 heteroatoms. The summed E-state index contributed by atoms with van der Waals surface area (Å²) < 4.78 is 79.9. The van der Waals surface area contributed by atoms with Gasteiger partial charge in [0, 0.05) is 58.7 Å². The first-order valence-corrected chi connectivity index (χ1v) is 14.0. The van der Waals surface area contributed by atoms with E-state index in [0.717, 1.165) is 15.9 Å². The number of nitrogens with zero attached hydrogens (tertiary/aromatic N) is 8. The fourth-order valence-corrected chi connectivity index (χ4v) is 6.00. The zero-order valence-electron chi connectivity index (χ0n) is 28.5. The average molecular weight is 599 g/mol. The molecule has 3 aromatic heterocycles. The summed E-state index contributed by atoms with van der Waals surface area (Å²) in [7, 11) is 1.48. The second-order valence-corrected chi connectivity index (χ2v) is 11.1. The largest absolute Gasteiger partial charge is 0.389 e. The molecule has 0 radical (unpaired) electrons. The minimum absolute atomic E-state index is 0.0174. The van der Waals surface area contributed by atoms with Gasteiger partial charge in [0.05, 0.1) is 42.8 Å². The lowest BCUT2D eigenvalue weighted by molar-refractivity contribution is -0.142. The fourth-order valence-electron chi connectivity index (χ4n) is 5.15. The molecule has 0 aliphatic carbocycles. The molecule has 42 heavy (non-hydrogen) atoms. The van der Waals surface area contributed by atoms with E-state index in [1.54, 1.807) is 9.80 Å². The van der Waals surface area contributed by atoms with Gasteiger partial charge in [-0.2, -0.15) is 10.4 Å². The minimum atomic E-state index is -3.20. The van der Waals surface area contributed by atoms with Crippen molar-refractivity contribution in [2.45, 2.75) is 19.3 Å². The van der Waals surface area contributed by atoms with E-state index in [4.69, 9.17) is 8.22 Å². The third-order valence-electron chi connectivity index (χ3n) is 7.46. The van der Waals surface area contributed by atoms with Crippen molar-refractivity contribution in [1.29, 1.82) is 5.26 Å². The van der Waals surface area contributed by atoms with Gasteiger partial charge < -0.3 is 19.8 Å². The maximum absolute atomic E-state index is 15.9. The van der Waals surface area contributed by atoms with Gasteiger partial charge in [0.25, 0.3) is 0 Å². The number of hydrogen-bond donors (Lipinski definition) is 1. The number of thiazole rings is 1. The molecule has 0 atom stereocenters. The molecule has 0 spiro atoms. The number of β-amino-alcohol motifs (C(OH)–C–C–N with tert-alkyl or cyclic N) is 1. The van der Waals surface area contributed by atoms with Crippen LogP contribution in [0.15, 0.2) is 36.5 Å². The lowest BCUT2D eigenvalue weighted by Crippen LogP contribution is -2.57. The number of pyridine rings is 1. The molecule has 0 unspecified atom stereocenters. The zero-order chi connectivity index (χ0) is 34.7. The summed E-state index contributed by atoms with van der Waals surface area (Å²) in [6.45, 7) is -1.06.